The van der Waals surface area contributed by atoms with E-state index in [-0.39, 0.29) is 5.56 Å². The van der Waals surface area contributed by atoms with Gasteiger partial charge in [-0.15, -0.1) is 11.3 Å². The molecule has 0 aliphatic carbocycles. The highest BCUT2D eigenvalue weighted by atomic mass is 32.1. The lowest BCUT2D eigenvalue weighted by atomic mass is 10.2. The number of hydrogen-bond donors (Lipinski definition) is 0. The Kier molecular flexibility index (Phi) is 2.87. The van der Waals surface area contributed by atoms with Crippen molar-refractivity contribution in [2.45, 2.75) is 20.4 Å². The quantitative estimate of drug-likeness (QED) is 0.715. The molecule has 0 aliphatic heterocycles. The van der Waals surface area contributed by atoms with E-state index in [1.807, 2.05) is 13.8 Å². The molecule has 0 saturated carbocycles. The number of nitrogens with zero attached hydrogens (tertiary/aromatic N) is 4. The highest BCUT2D eigenvalue weighted by molar-refractivity contribution is 7.18. The maximum atomic E-state index is 12.4. The summed E-state index contributed by atoms with van der Waals surface area (Å²) in [5, 5.41) is 0.709. The highest BCUT2D eigenvalue weighted by Crippen LogP contribution is 2.25. The third-order valence-electron chi connectivity index (χ3n) is 3.09. The fraction of sp³-hybridized carbons (Fsp3) is 0.231. The molecule has 3 rings (SSSR count). The molecular formula is C13H12N4OS. The summed E-state index contributed by atoms with van der Waals surface area (Å²) in [6.07, 6.45) is 4.90. The molecule has 5 nitrogen and oxygen atoms in total. The Bertz CT molecular complexity index is 792. The van der Waals surface area contributed by atoms with Gasteiger partial charge in [0, 0.05) is 17.3 Å². The van der Waals surface area contributed by atoms with Crippen molar-refractivity contribution in [3.63, 3.8) is 0 Å². The van der Waals surface area contributed by atoms with Crippen LogP contribution in [0.15, 0.2) is 29.6 Å². The number of hydrogen-bond acceptors (Lipinski definition) is 5. The molecule has 0 amide bonds. The molecule has 0 radical (unpaired) electrons. The first kappa shape index (κ1) is 12.0. The van der Waals surface area contributed by atoms with Crippen molar-refractivity contribution in [2.24, 2.45) is 0 Å². The minimum atomic E-state index is -0.0284. The lowest BCUT2D eigenvalue weighted by molar-refractivity contribution is 0.706. The van der Waals surface area contributed by atoms with Crippen molar-refractivity contribution in [1.82, 2.24) is 19.5 Å². The number of fused-ring (bicyclic) bond motifs is 1. The van der Waals surface area contributed by atoms with Gasteiger partial charge in [0.05, 0.1) is 18.3 Å². The van der Waals surface area contributed by atoms with Gasteiger partial charge < -0.3 is 0 Å². The number of aromatic nitrogens is 4. The van der Waals surface area contributed by atoms with Gasteiger partial charge in [0.1, 0.15) is 10.7 Å². The number of aryl methyl sites for hydroxylation is 2. The summed E-state index contributed by atoms with van der Waals surface area (Å²) in [7, 11) is 0. The van der Waals surface area contributed by atoms with Gasteiger partial charge in [0.15, 0.2) is 0 Å². The molecule has 19 heavy (non-hydrogen) atoms. The van der Waals surface area contributed by atoms with Crippen molar-refractivity contribution in [3.05, 3.63) is 51.4 Å². The third-order valence-corrected chi connectivity index (χ3v) is 4.20. The zero-order valence-electron chi connectivity index (χ0n) is 10.6. The largest absolute Gasteiger partial charge is 0.291 e. The van der Waals surface area contributed by atoms with Crippen molar-refractivity contribution < 1.29 is 0 Å². The molecule has 0 aliphatic rings. The highest BCUT2D eigenvalue weighted by Gasteiger charge is 2.12. The Morgan fingerprint density at radius 2 is 1.95 bits per heavy atom. The van der Waals surface area contributed by atoms with Gasteiger partial charge in [0.2, 0.25) is 0 Å². The monoisotopic (exact) mass is 272 g/mol. The topological polar surface area (TPSA) is 60.7 Å². The molecule has 3 aromatic rings. The molecule has 3 heterocycles. The van der Waals surface area contributed by atoms with E-state index in [4.69, 9.17) is 0 Å². The average Bonchev–Trinajstić information content (AvgIpc) is 2.71. The van der Waals surface area contributed by atoms with E-state index in [0.717, 1.165) is 15.3 Å². The van der Waals surface area contributed by atoms with E-state index in [9.17, 15) is 4.79 Å². The minimum absolute atomic E-state index is 0.0284. The molecule has 6 heteroatoms. The summed E-state index contributed by atoms with van der Waals surface area (Å²) in [5.74, 6) is 0.607. The zero-order chi connectivity index (χ0) is 13.4. The molecule has 0 bridgehead atoms. The van der Waals surface area contributed by atoms with E-state index >= 15 is 0 Å². The van der Waals surface area contributed by atoms with Crippen LogP contribution < -0.4 is 5.56 Å². The van der Waals surface area contributed by atoms with Crippen LogP contribution in [0.1, 0.15) is 16.3 Å². The van der Waals surface area contributed by atoms with E-state index in [1.165, 1.54) is 0 Å². The van der Waals surface area contributed by atoms with Crippen molar-refractivity contribution in [2.75, 3.05) is 0 Å². The summed E-state index contributed by atoms with van der Waals surface area (Å²) in [4.78, 5) is 27.0. The summed E-state index contributed by atoms with van der Waals surface area (Å²) >= 11 is 1.55. The van der Waals surface area contributed by atoms with Crippen LogP contribution in [0.3, 0.4) is 0 Å². The predicted molar refractivity (Wildman–Crippen MR) is 74.5 cm³/mol. The van der Waals surface area contributed by atoms with E-state index < -0.39 is 0 Å². The first-order chi connectivity index (χ1) is 9.16. The lowest BCUT2D eigenvalue weighted by Gasteiger charge is -2.03. The fourth-order valence-electron chi connectivity index (χ4n) is 1.95. The Labute approximate surface area is 113 Å². The van der Waals surface area contributed by atoms with Crippen LogP contribution in [0.25, 0.3) is 10.2 Å². The SMILES string of the molecule is Cc1sc2ncn(Cc3ncccn3)c(=O)c2c1C. The van der Waals surface area contributed by atoms with Crippen molar-refractivity contribution in [1.29, 1.82) is 0 Å². The smallest absolute Gasteiger partial charge is 0.262 e. The van der Waals surface area contributed by atoms with E-state index in [2.05, 4.69) is 15.0 Å². The summed E-state index contributed by atoms with van der Waals surface area (Å²) in [6, 6.07) is 1.75. The standard InChI is InChI=1S/C13H12N4OS/c1-8-9(2)19-12-11(8)13(18)17(7-16-12)6-10-14-4-3-5-15-10/h3-5,7H,6H2,1-2H3. The zero-order valence-corrected chi connectivity index (χ0v) is 11.4. The molecule has 96 valence electrons. The maximum absolute atomic E-state index is 12.4. The Morgan fingerprint density at radius 3 is 2.68 bits per heavy atom. The fourth-order valence-corrected chi connectivity index (χ4v) is 2.93. The maximum Gasteiger partial charge on any atom is 0.262 e. The average molecular weight is 272 g/mol. The van der Waals surface area contributed by atoms with Gasteiger partial charge in [-0.3, -0.25) is 9.36 Å². The van der Waals surface area contributed by atoms with Crippen LogP contribution >= 0.6 is 11.3 Å². The lowest BCUT2D eigenvalue weighted by Crippen LogP contribution is -2.22. The first-order valence-corrected chi connectivity index (χ1v) is 6.69. The summed E-state index contributed by atoms with van der Waals surface area (Å²) in [5.41, 5.74) is 0.986. The van der Waals surface area contributed by atoms with Gasteiger partial charge in [-0.05, 0) is 25.5 Å². The molecule has 0 atom stereocenters. The van der Waals surface area contributed by atoms with Gasteiger partial charge >= 0.3 is 0 Å². The van der Waals surface area contributed by atoms with Crippen LogP contribution in [-0.2, 0) is 6.54 Å². The number of rotatable bonds is 2. The minimum Gasteiger partial charge on any atom is -0.291 e. The Morgan fingerprint density at radius 1 is 1.21 bits per heavy atom. The second-order valence-electron chi connectivity index (χ2n) is 4.31. The van der Waals surface area contributed by atoms with Crippen LogP contribution in [0.5, 0.6) is 0 Å². The molecule has 0 spiro atoms. The normalized spacial score (nSPS) is 11.1. The van der Waals surface area contributed by atoms with Crippen LogP contribution in [0.4, 0.5) is 0 Å². The van der Waals surface area contributed by atoms with Gasteiger partial charge in [-0.1, -0.05) is 0 Å². The molecule has 0 N–H and O–H groups in total. The Balaban J connectivity index is 2.13. The van der Waals surface area contributed by atoms with E-state index in [0.29, 0.717) is 17.8 Å². The summed E-state index contributed by atoms with van der Waals surface area (Å²) in [6.45, 7) is 4.31. The molecule has 0 aromatic carbocycles. The number of thiophene rings is 1. The molecule has 0 saturated heterocycles. The second kappa shape index (κ2) is 4.55. The molecule has 0 unspecified atom stereocenters. The molecule has 0 fully saturated rings. The van der Waals surface area contributed by atoms with Crippen LogP contribution in [-0.4, -0.2) is 19.5 Å². The van der Waals surface area contributed by atoms with E-state index in [1.54, 1.807) is 40.7 Å². The molecular weight excluding hydrogens is 260 g/mol. The van der Waals surface area contributed by atoms with Crippen LogP contribution in [0.2, 0.25) is 0 Å². The van der Waals surface area contributed by atoms with Gasteiger partial charge in [0.25, 0.3) is 5.56 Å². The third kappa shape index (κ3) is 2.04. The van der Waals surface area contributed by atoms with Gasteiger partial charge in [-0.25, -0.2) is 15.0 Å². The predicted octanol–water partition coefficient (Wildman–Crippen LogP) is 1.91. The second-order valence-corrected chi connectivity index (χ2v) is 5.51. The molecule has 3 aromatic heterocycles. The Hall–Kier alpha value is -2.08. The van der Waals surface area contributed by atoms with Crippen LogP contribution in [0, 0.1) is 13.8 Å². The van der Waals surface area contributed by atoms with Crippen molar-refractivity contribution in [3.8, 4) is 0 Å². The van der Waals surface area contributed by atoms with Gasteiger partial charge in [-0.2, -0.15) is 0 Å². The summed E-state index contributed by atoms with van der Waals surface area (Å²) < 4.78 is 1.55. The van der Waals surface area contributed by atoms with Crippen molar-refractivity contribution >= 4 is 21.6 Å². The first-order valence-electron chi connectivity index (χ1n) is 5.88.